The second kappa shape index (κ2) is 15.8. The molecule has 3 aromatic rings. The number of hydrogen-bond acceptors (Lipinski definition) is 8. The summed E-state index contributed by atoms with van der Waals surface area (Å²) in [5.74, 6) is -3.85. The fraction of sp³-hybridized carbons (Fsp3) is 0.333. The predicted octanol–water partition coefficient (Wildman–Crippen LogP) is 2.97. The molecule has 0 spiro atoms. The van der Waals surface area contributed by atoms with E-state index in [1.54, 1.807) is 38.1 Å². The van der Waals surface area contributed by atoms with Gasteiger partial charge in [-0.2, -0.15) is 0 Å². The molecule has 5 N–H and O–H groups in total. The van der Waals surface area contributed by atoms with Crippen LogP contribution in [-0.4, -0.2) is 75.3 Å². The summed E-state index contributed by atoms with van der Waals surface area (Å²) < 4.78 is 32.5. The van der Waals surface area contributed by atoms with Crippen molar-refractivity contribution >= 4 is 41.1 Å². The first-order valence-corrected chi connectivity index (χ1v) is 15.7. The van der Waals surface area contributed by atoms with Crippen LogP contribution in [0.5, 0.6) is 5.75 Å². The lowest BCUT2D eigenvalue weighted by Gasteiger charge is -2.47. The van der Waals surface area contributed by atoms with Gasteiger partial charge in [0.1, 0.15) is 34.7 Å². The summed E-state index contributed by atoms with van der Waals surface area (Å²) in [6.07, 6.45) is -0.939. The third kappa shape index (κ3) is 8.84. The molecule has 1 heterocycles. The van der Waals surface area contributed by atoms with Crippen LogP contribution in [0, 0.1) is 17.6 Å². The Labute approximate surface area is 273 Å². The van der Waals surface area contributed by atoms with Crippen LogP contribution >= 0.6 is 11.8 Å². The van der Waals surface area contributed by atoms with E-state index in [2.05, 4.69) is 10.6 Å². The Balaban J connectivity index is 1.42. The van der Waals surface area contributed by atoms with Crippen LogP contribution in [0.4, 0.5) is 14.5 Å². The second-order valence-electron chi connectivity index (χ2n) is 11.2. The monoisotopic (exact) mass is 671 g/mol. The number of hydrogen-bond donors (Lipinski definition) is 5. The summed E-state index contributed by atoms with van der Waals surface area (Å²) in [7, 11) is 0. The number of carbonyl (C=O) groups is 4. The van der Waals surface area contributed by atoms with Gasteiger partial charge >= 0.3 is 5.97 Å². The Morgan fingerprint density at radius 3 is 2.09 bits per heavy atom. The molecule has 4 rings (SSSR count). The Kier molecular flexibility index (Phi) is 11.9. The standard InChI is InChI=1S/C33H35F2N3O8S/c1-18(2)28(31(42)36-25(15-39)33(44)45)37-27(41)16-46-24-13-5-20(6-14-24)29-30(32(43)38(29)23-11-9-22(35)10-12-23)47-17-26(40)19-3-7-21(34)8-4-19/h3-14,18,25-26,28-30,39-40H,15-17H2,1-2H3,(H,36,42)(H,37,41)(H,44,45)/t25-,26?,28+,29+,30+/m0/s1. The molecule has 11 nitrogen and oxygen atoms in total. The molecule has 3 amide bonds. The van der Waals surface area contributed by atoms with Crippen molar-refractivity contribution in [3.63, 3.8) is 0 Å². The number of nitrogens with zero attached hydrogens (tertiary/aromatic N) is 1. The van der Waals surface area contributed by atoms with Crippen LogP contribution in [0.15, 0.2) is 72.8 Å². The summed E-state index contributed by atoms with van der Waals surface area (Å²) in [6, 6.07) is 14.5. The van der Waals surface area contributed by atoms with Crippen LogP contribution < -0.4 is 20.3 Å². The average Bonchev–Trinajstić information content (AvgIpc) is 3.05. The molecule has 1 aliphatic heterocycles. The quantitative estimate of drug-likeness (QED) is 0.153. The van der Waals surface area contributed by atoms with Crippen molar-refractivity contribution in [3.05, 3.63) is 95.6 Å². The number of aliphatic carboxylic acids is 1. The van der Waals surface area contributed by atoms with E-state index in [1.807, 2.05) is 0 Å². The van der Waals surface area contributed by atoms with Gasteiger partial charge in [0.15, 0.2) is 6.61 Å². The van der Waals surface area contributed by atoms with Gasteiger partial charge < -0.3 is 35.6 Å². The number of thioether (sulfide) groups is 1. The highest BCUT2D eigenvalue weighted by Gasteiger charge is 2.49. The van der Waals surface area contributed by atoms with Crippen molar-refractivity contribution in [1.29, 1.82) is 0 Å². The molecule has 250 valence electrons. The molecule has 0 aromatic heterocycles. The highest BCUT2D eigenvalue weighted by atomic mass is 32.2. The minimum atomic E-state index is -1.52. The molecule has 1 aliphatic rings. The number of carboxylic acid groups (broad SMARTS) is 1. The minimum Gasteiger partial charge on any atom is -0.484 e. The van der Waals surface area contributed by atoms with Crippen LogP contribution in [0.1, 0.15) is 37.1 Å². The zero-order chi connectivity index (χ0) is 34.2. The Hall–Kier alpha value is -4.53. The molecular formula is C33H35F2N3O8S. The summed E-state index contributed by atoms with van der Waals surface area (Å²) in [5.41, 5.74) is 1.72. The van der Waals surface area contributed by atoms with E-state index in [0.717, 1.165) is 0 Å². The third-order valence-corrected chi connectivity index (χ3v) is 8.82. The van der Waals surface area contributed by atoms with Gasteiger partial charge in [-0.05, 0) is 65.6 Å². The molecule has 0 saturated carbocycles. The molecule has 0 radical (unpaired) electrons. The van der Waals surface area contributed by atoms with E-state index in [1.165, 1.54) is 65.2 Å². The van der Waals surface area contributed by atoms with Gasteiger partial charge in [0.05, 0.1) is 18.8 Å². The van der Waals surface area contributed by atoms with E-state index < -0.39 is 78.0 Å². The number of anilines is 1. The van der Waals surface area contributed by atoms with Crippen LogP contribution in [0.2, 0.25) is 0 Å². The number of aliphatic hydroxyl groups is 2. The molecule has 0 aliphatic carbocycles. The summed E-state index contributed by atoms with van der Waals surface area (Å²) in [6.45, 7) is 2.05. The first-order valence-electron chi connectivity index (χ1n) is 14.7. The molecule has 1 saturated heterocycles. The fourth-order valence-electron chi connectivity index (χ4n) is 4.92. The first kappa shape index (κ1) is 35.3. The van der Waals surface area contributed by atoms with E-state index >= 15 is 0 Å². The van der Waals surface area contributed by atoms with Gasteiger partial charge in [0, 0.05) is 11.4 Å². The Morgan fingerprint density at radius 1 is 0.936 bits per heavy atom. The second-order valence-corrected chi connectivity index (χ2v) is 12.4. The van der Waals surface area contributed by atoms with Crippen molar-refractivity contribution in [1.82, 2.24) is 10.6 Å². The molecule has 14 heteroatoms. The lowest BCUT2D eigenvalue weighted by atomic mass is 9.92. The van der Waals surface area contributed by atoms with Crippen molar-refractivity contribution in [2.75, 3.05) is 23.9 Å². The fourth-order valence-corrected chi connectivity index (χ4v) is 6.22. The SMILES string of the molecule is CC(C)[C@@H](NC(=O)COc1ccc([C@@H]2[C@@H](SCC(O)c3ccc(F)cc3)C(=O)N2c2ccc(F)cc2)cc1)C(=O)N[C@@H](CO)C(=O)O. The number of benzene rings is 3. The lowest BCUT2D eigenvalue weighted by Crippen LogP contribution is -2.57. The number of nitrogens with one attached hydrogen (secondary N) is 2. The van der Waals surface area contributed by atoms with Crippen LogP contribution in [0.25, 0.3) is 0 Å². The number of carboxylic acids is 1. The molecule has 1 unspecified atom stereocenters. The van der Waals surface area contributed by atoms with Gasteiger partial charge in [-0.3, -0.25) is 14.4 Å². The zero-order valence-corrected chi connectivity index (χ0v) is 26.3. The smallest absolute Gasteiger partial charge is 0.328 e. The number of β-lactam (4-membered cyclic amide) rings is 1. The summed E-state index contributed by atoms with van der Waals surface area (Å²) in [5, 5.41) is 33.0. The molecule has 5 atom stereocenters. The van der Waals surface area contributed by atoms with Crippen LogP contribution in [0.3, 0.4) is 0 Å². The molecule has 1 fully saturated rings. The molecule has 3 aromatic carbocycles. The maximum Gasteiger partial charge on any atom is 0.328 e. The van der Waals surface area contributed by atoms with Crippen molar-refractivity contribution in [2.45, 2.75) is 43.3 Å². The zero-order valence-electron chi connectivity index (χ0n) is 25.5. The van der Waals surface area contributed by atoms with E-state index in [-0.39, 0.29) is 11.7 Å². The van der Waals surface area contributed by atoms with Crippen LogP contribution in [-0.2, 0) is 19.2 Å². The number of amides is 3. The topological polar surface area (TPSA) is 165 Å². The Bertz CT molecular complexity index is 1560. The average molecular weight is 672 g/mol. The molecular weight excluding hydrogens is 636 g/mol. The number of ether oxygens (including phenoxy) is 1. The van der Waals surface area contributed by atoms with Gasteiger partial charge in [-0.25, -0.2) is 13.6 Å². The molecule has 0 bridgehead atoms. The highest BCUT2D eigenvalue weighted by molar-refractivity contribution is 8.00. The van der Waals surface area contributed by atoms with Gasteiger partial charge in [-0.1, -0.05) is 38.1 Å². The van der Waals surface area contributed by atoms with E-state index in [4.69, 9.17) is 9.84 Å². The number of rotatable bonds is 15. The molecule has 47 heavy (non-hydrogen) atoms. The van der Waals surface area contributed by atoms with E-state index in [9.17, 15) is 38.2 Å². The van der Waals surface area contributed by atoms with E-state index in [0.29, 0.717) is 22.6 Å². The Morgan fingerprint density at radius 2 is 1.53 bits per heavy atom. The minimum absolute atomic E-state index is 0.165. The van der Waals surface area contributed by atoms with Gasteiger partial charge in [-0.15, -0.1) is 11.8 Å². The largest absolute Gasteiger partial charge is 0.484 e. The first-order chi connectivity index (χ1) is 22.4. The van der Waals surface area contributed by atoms with Gasteiger partial charge in [0.25, 0.3) is 5.91 Å². The number of carbonyl (C=O) groups excluding carboxylic acids is 3. The lowest BCUT2D eigenvalue weighted by molar-refractivity contribution is -0.143. The number of aliphatic hydroxyl groups excluding tert-OH is 2. The summed E-state index contributed by atoms with van der Waals surface area (Å²) >= 11 is 1.25. The van der Waals surface area contributed by atoms with Crippen molar-refractivity contribution < 1.29 is 48.0 Å². The normalized spacial score (nSPS) is 17.8. The van der Waals surface area contributed by atoms with Crippen molar-refractivity contribution in [2.24, 2.45) is 5.92 Å². The van der Waals surface area contributed by atoms with Crippen molar-refractivity contribution in [3.8, 4) is 5.75 Å². The number of halogens is 2. The summed E-state index contributed by atoms with van der Waals surface area (Å²) in [4.78, 5) is 51.1. The highest BCUT2D eigenvalue weighted by Crippen LogP contribution is 2.46. The maximum absolute atomic E-state index is 13.6. The predicted molar refractivity (Wildman–Crippen MR) is 170 cm³/mol. The maximum atomic E-state index is 13.6. The third-order valence-electron chi connectivity index (χ3n) is 7.49. The van der Waals surface area contributed by atoms with Gasteiger partial charge in [0.2, 0.25) is 11.8 Å².